The predicted octanol–water partition coefficient (Wildman–Crippen LogP) is 1.27. The second-order valence-corrected chi connectivity index (χ2v) is 6.10. The second-order valence-electron chi connectivity index (χ2n) is 4.34. The van der Waals surface area contributed by atoms with Crippen molar-refractivity contribution >= 4 is 15.9 Å². The lowest BCUT2D eigenvalue weighted by Crippen LogP contribution is -2.35. The molecule has 0 aromatic heterocycles. The lowest BCUT2D eigenvalue weighted by atomic mass is 10.2. The zero-order valence-electron chi connectivity index (χ0n) is 11.2. The summed E-state index contributed by atoms with van der Waals surface area (Å²) in [5, 5.41) is 2.78. The Morgan fingerprint density at radius 2 is 1.89 bits per heavy atom. The van der Waals surface area contributed by atoms with Crippen LogP contribution in [0.3, 0.4) is 0 Å². The first kappa shape index (κ1) is 15.7. The number of sulfonamides is 1. The lowest BCUT2D eigenvalue weighted by Gasteiger charge is -2.11. The van der Waals surface area contributed by atoms with Gasteiger partial charge in [0.1, 0.15) is 0 Å². The Kier molecular flexibility index (Phi) is 5.98. The van der Waals surface area contributed by atoms with Crippen molar-refractivity contribution in [2.24, 2.45) is 0 Å². The number of carbonyl (C=O) groups is 1. The fourth-order valence-corrected chi connectivity index (χ4v) is 2.48. The van der Waals surface area contributed by atoms with Gasteiger partial charge in [-0.05, 0) is 25.5 Å². The van der Waals surface area contributed by atoms with Gasteiger partial charge in [0.15, 0.2) is 0 Å². The SMILES string of the molecule is CCC(C)NC(=O)CCNS(=O)(=O)c1ccccc1. The van der Waals surface area contributed by atoms with E-state index >= 15 is 0 Å². The zero-order valence-corrected chi connectivity index (χ0v) is 12.0. The van der Waals surface area contributed by atoms with Crippen LogP contribution in [-0.2, 0) is 14.8 Å². The molecular formula is C13H20N2O3S. The van der Waals surface area contributed by atoms with E-state index in [0.717, 1.165) is 6.42 Å². The van der Waals surface area contributed by atoms with Crippen LogP contribution in [0.15, 0.2) is 35.2 Å². The summed E-state index contributed by atoms with van der Waals surface area (Å²) < 4.78 is 26.1. The van der Waals surface area contributed by atoms with Gasteiger partial charge in [0, 0.05) is 19.0 Å². The van der Waals surface area contributed by atoms with Gasteiger partial charge in [-0.25, -0.2) is 13.1 Å². The third kappa shape index (κ3) is 5.40. The van der Waals surface area contributed by atoms with Crippen molar-refractivity contribution in [3.8, 4) is 0 Å². The smallest absolute Gasteiger partial charge is 0.240 e. The van der Waals surface area contributed by atoms with E-state index in [0.29, 0.717) is 0 Å². The standard InChI is InChI=1S/C13H20N2O3S/c1-3-11(2)15-13(16)9-10-14-19(17,18)12-7-5-4-6-8-12/h4-8,11,14H,3,9-10H2,1-2H3,(H,15,16). The molecule has 0 aliphatic rings. The topological polar surface area (TPSA) is 75.3 Å². The molecule has 0 saturated carbocycles. The summed E-state index contributed by atoms with van der Waals surface area (Å²) >= 11 is 0. The molecule has 0 radical (unpaired) electrons. The van der Waals surface area contributed by atoms with Crippen LogP contribution in [0.5, 0.6) is 0 Å². The van der Waals surface area contributed by atoms with E-state index in [9.17, 15) is 13.2 Å². The molecule has 2 N–H and O–H groups in total. The molecule has 5 nitrogen and oxygen atoms in total. The minimum absolute atomic E-state index is 0.0967. The molecule has 1 rings (SSSR count). The summed E-state index contributed by atoms with van der Waals surface area (Å²) in [4.78, 5) is 11.7. The third-order valence-corrected chi connectivity index (χ3v) is 4.19. The average Bonchev–Trinajstić information content (AvgIpc) is 2.39. The maximum absolute atomic E-state index is 11.8. The van der Waals surface area contributed by atoms with Crippen LogP contribution >= 0.6 is 0 Å². The summed E-state index contributed by atoms with van der Waals surface area (Å²) in [5.41, 5.74) is 0. The van der Waals surface area contributed by atoms with Gasteiger partial charge < -0.3 is 5.32 Å². The van der Waals surface area contributed by atoms with Crippen LogP contribution in [0.25, 0.3) is 0 Å². The van der Waals surface area contributed by atoms with Gasteiger partial charge in [-0.15, -0.1) is 0 Å². The Morgan fingerprint density at radius 1 is 1.26 bits per heavy atom. The number of hydrogen-bond donors (Lipinski definition) is 2. The molecule has 0 saturated heterocycles. The van der Waals surface area contributed by atoms with Crippen LogP contribution in [0, 0.1) is 0 Å². The molecule has 0 aliphatic heterocycles. The normalized spacial score (nSPS) is 12.9. The van der Waals surface area contributed by atoms with Gasteiger partial charge >= 0.3 is 0 Å². The van der Waals surface area contributed by atoms with Crippen LogP contribution in [-0.4, -0.2) is 26.9 Å². The molecule has 106 valence electrons. The fraction of sp³-hybridized carbons (Fsp3) is 0.462. The van der Waals surface area contributed by atoms with Gasteiger partial charge in [-0.3, -0.25) is 4.79 Å². The van der Waals surface area contributed by atoms with Crippen molar-refractivity contribution in [3.63, 3.8) is 0 Å². The van der Waals surface area contributed by atoms with E-state index in [1.165, 1.54) is 12.1 Å². The molecular weight excluding hydrogens is 264 g/mol. The number of benzene rings is 1. The van der Waals surface area contributed by atoms with Crippen LogP contribution < -0.4 is 10.0 Å². The minimum atomic E-state index is -3.52. The summed E-state index contributed by atoms with van der Waals surface area (Å²) in [6, 6.07) is 8.20. The van der Waals surface area contributed by atoms with Gasteiger partial charge in [0.2, 0.25) is 15.9 Å². The van der Waals surface area contributed by atoms with E-state index in [2.05, 4.69) is 10.0 Å². The second kappa shape index (κ2) is 7.25. The number of nitrogens with one attached hydrogen (secondary N) is 2. The van der Waals surface area contributed by atoms with Crippen LogP contribution in [0.1, 0.15) is 26.7 Å². The Labute approximate surface area is 114 Å². The minimum Gasteiger partial charge on any atom is -0.354 e. The number of carbonyl (C=O) groups excluding carboxylic acids is 1. The molecule has 1 aromatic rings. The summed E-state index contributed by atoms with van der Waals surface area (Å²) in [7, 11) is -3.52. The molecule has 1 atom stereocenters. The first-order valence-corrected chi connectivity index (χ1v) is 7.78. The highest BCUT2D eigenvalue weighted by atomic mass is 32.2. The Balaban J connectivity index is 2.43. The molecule has 1 aromatic carbocycles. The van der Waals surface area contributed by atoms with Gasteiger partial charge in [0.25, 0.3) is 0 Å². The van der Waals surface area contributed by atoms with E-state index in [1.807, 2.05) is 13.8 Å². The number of rotatable bonds is 7. The van der Waals surface area contributed by atoms with E-state index in [4.69, 9.17) is 0 Å². The molecule has 19 heavy (non-hydrogen) atoms. The van der Waals surface area contributed by atoms with Crippen molar-refractivity contribution < 1.29 is 13.2 Å². The third-order valence-electron chi connectivity index (χ3n) is 2.72. The molecule has 6 heteroatoms. The summed E-state index contributed by atoms with van der Waals surface area (Å²) in [5.74, 6) is -0.148. The maximum atomic E-state index is 11.8. The summed E-state index contributed by atoms with van der Waals surface area (Å²) in [6.45, 7) is 3.98. The van der Waals surface area contributed by atoms with Crippen molar-refractivity contribution in [2.45, 2.75) is 37.6 Å². The predicted molar refractivity (Wildman–Crippen MR) is 74.1 cm³/mol. The molecule has 1 unspecified atom stereocenters. The van der Waals surface area contributed by atoms with Crippen LogP contribution in [0.2, 0.25) is 0 Å². The Morgan fingerprint density at radius 3 is 2.47 bits per heavy atom. The number of amides is 1. The van der Waals surface area contributed by atoms with Crippen LogP contribution in [0.4, 0.5) is 0 Å². The van der Waals surface area contributed by atoms with Crippen molar-refractivity contribution in [3.05, 3.63) is 30.3 Å². The zero-order chi connectivity index (χ0) is 14.3. The fourth-order valence-electron chi connectivity index (χ4n) is 1.43. The maximum Gasteiger partial charge on any atom is 0.240 e. The average molecular weight is 284 g/mol. The number of hydrogen-bond acceptors (Lipinski definition) is 3. The van der Waals surface area contributed by atoms with E-state index in [-0.39, 0.29) is 29.8 Å². The van der Waals surface area contributed by atoms with Crippen molar-refractivity contribution in [2.75, 3.05) is 6.54 Å². The molecule has 0 bridgehead atoms. The molecule has 1 amide bonds. The lowest BCUT2D eigenvalue weighted by molar-refractivity contribution is -0.121. The van der Waals surface area contributed by atoms with E-state index < -0.39 is 10.0 Å². The largest absolute Gasteiger partial charge is 0.354 e. The first-order chi connectivity index (χ1) is 8.95. The molecule has 0 aliphatic carbocycles. The highest BCUT2D eigenvalue weighted by Crippen LogP contribution is 2.06. The van der Waals surface area contributed by atoms with Crippen molar-refractivity contribution in [1.82, 2.24) is 10.0 Å². The van der Waals surface area contributed by atoms with Crippen molar-refractivity contribution in [1.29, 1.82) is 0 Å². The monoisotopic (exact) mass is 284 g/mol. The molecule has 0 heterocycles. The highest BCUT2D eigenvalue weighted by Gasteiger charge is 2.13. The molecule has 0 spiro atoms. The first-order valence-electron chi connectivity index (χ1n) is 6.29. The van der Waals surface area contributed by atoms with E-state index in [1.54, 1.807) is 18.2 Å². The van der Waals surface area contributed by atoms with Gasteiger partial charge in [-0.2, -0.15) is 0 Å². The Hall–Kier alpha value is -1.40. The van der Waals surface area contributed by atoms with Gasteiger partial charge in [0.05, 0.1) is 4.90 Å². The molecule has 0 fully saturated rings. The summed E-state index contributed by atoms with van der Waals surface area (Å²) in [6.07, 6.45) is 0.984. The Bertz CT molecular complexity index is 500. The highest BCUT2D eigenvalue weighted by molar-refractivity contribution is 7.89. The quantitative estimate of drug-likeness (QED) is 0.791. The van der Waals surface area contributed by atoms with Gasteiger partial charge in [-0.1, -0.05) is 25.1 Å².